The number of rotatable bonds is 3. The first-order valence-corrected chi connectivity index (χ1v) is 16.3. The van der Waals surface area contributed by atoms with E-state index in [0.29, 0.717) is 18.4 Å². The predicted molar refractivity (Wildman–Crippen MR) is 164 cm³/mol. The van der Waals surface area contributed by atoms with Crippen LogP contribution in [0.5, 0.6) is 0 Å². The smallest absolute Gasteiger partial charge is 0.313 e. The van der Waals surface area contributed by atoms with Crippen molar-refractivity contribution < 1.29 is 14.7 Å². The van der Waals surface area contributed by atoms with Gasteiger partial charge in [-0.1, -0.05) is 95.6 Å². The van der Waals surface area contributed by atoms with Gasteiger partial charge in [-0.15, -0.1) is 0 Å². The van der Waals surface area contributed by atoms with Crippen LogP contribution in [0.25, 0.3) is 0 Å². The van der Waals surface area contributed by atoms with E-state index in [0.717, 1.165) is 62.6 Å². The number of hydrogen-bond acceptors (Lipinski definition) is 4. The minimum absolute atomic E-state index is 0.0329. The maximum absolute atomic E-state index is 14.2. The summed E-state index contributed by atoms with van der Waals surface area (Å²) in [5.74, 6) is 1.44. The number of carbonyl (C=O) groups is 1. The molecule has 1 aromatic rings. The largest absolute Gasteiger partial charge is 0.460 e. The van der Waals surface area contributed by atoms with Gasteiger partial charge in [-0.05, 0) is 115 Å². The maximum Gasteiger partial charge on any atom is 0.313 e. The summed E-state index contributed by atoms with van der Waals surface area (Å²) in [7, 11) is 0. The van der Waals surface area contributed by atoms with Crippen molar-refractivity contribution in [3.8, 4) is 0 Å². The number of oxime groups is 1. The number of fused-ring (bicyclic) bond motifs is 7. The van der Waals surface area contributed by atoms with Crippen molar-refractivity contribution in [3.63, 3.8) is 0 Å². The van der Waals surface area contributed by atoms with Crippen LogP contribution in [-0.4, -0.2) is 16.9 Å². The summed E-state index contributed by atoms with van der Waals surface area (Å²) in [4.78, 5) is 14.2. The monoisotopic (exact) mass is 559 g/mol. The van der Waals surface area contributed by atoms with Gasteiger partial charge in [0.2, 0.25) is 0 Å². The highest BCUT2D eigenvalue weighted by Gasteiger charge is 2.69. The fourth-order valence-electron chi connectivity index (χ4n) is 11.6. The second kappa shape index (κ2) is 9.45. The van der Waals surface area contributed by atoms with Crippen molar-refractivity contribution in [1.29, 1.82) is 0 Å². The van der Waals surface area contributed by atoms with E-state index >= 15 is 0 Å². The van der Waals surface area contributed by atoms with Crippen LogP contribution in [0, 0.1) is 50.2 Å². The van der Waals surface area contributed by atoms with E-state index < -0.39 is 5.41 Å². The molecule has 4 saturated carbocycles. The number of ether oxygens (including phenoxy) is 1. The summed E-state index contributed by atoms with van der Waals surface area (Å²) >= 11 is 0. The molecule has 0 bridgehead atoms. The second-order valence-corrected chi connectivity index (χ2v) is 16.9. The highest BCUT2D eigenvalue weighted by Crippen LogP contribution is 2.75. The van der Waals surface area contributed by atoms with Crippen LogP contribution in [0.2, 0.25) is 0 Å². The van der Waals surface area contributed by atoms with Gasteiger partial charge in [0, 0.05) is 0 Å². The molecule has 5 aliphatic rings. The average Bonchev–Trinajstić information content (AvgIpc) is 2.91. The molecule has 4 heteroatoms. The minimum atomic E-state index is -0.413. The molecule has 7 atom stereocenters. The lowest BCUT2D eigenvalue weighted by molar-refractivity contribution is -0.184. The molecule has 0 unspecified atom stereocenters. The van der Waals surface area contributed by atoms with Gasteiger partial charge < -0.3 is 9.94 Å². The van der Waals surface area contributed by atoms with E-state index in [1.54, 1.807) is 5.57 Å². The first-order chi connectivity index (χ1) is 19.2. The van der Waals surface area contributed by atoms with Crippen LogP contribution in [0.3, 0.4) is 0 Å². The molecule has 0 amide bonds. The topological polar surface area (TPSA) is 58.9 Å². The van der Waals surface area contributed by atoms with Crippen molar-refractivity contribution in [3.05, 3.63) is 47.5 Å². The Morgan fingerprint density at radius 1 is 0.927 bits per heavy atom. The molecule has 224 valence electrons. The Bertz CT molecular complexity index is 1260. The molecule has 0 aliphatic heterocycles. The Balaban J connectivity index is 1.38. The summed E-state index contributed by atoms with van der Waals surface area (Å²) in [6.07, 6.45) is 13.0. The van der Waals surface area contributed by atoms with Crippen molar-refractivity contribution in [2.75, 3.05) is 0 Å². The number of esters is 1. The average molecular weight is 560 g/mol. The second-order valence-electron chi connectivity index (χ2n) is 16.9. The van der Waals surface area contributed by atoms with Crippen molar-refractivity contribution in [1.82, 2.24) is 0 Å². The lowest BCUT2D eigenvalue weighted by Crippen LogP contribution is -2.64. The van der Waals surface area contributed by atoms with E-state index in [2.05, 4.69) is 59.7 Å². The predicted octanol–water partition coefficient (Wildman–Crippen LogP) is 9.36. The van der Waals surface area contributed by atoms with Crippen LogP contribution >= 0.6 is 0 Å². The third kappa shape index (κ3) is 4.20. The van der Waals surface area contributed by atoms with E-state index in [-0.39, 0.29) is 39.0 Å². The van der Waals surface area contributed by atoms with Crippen LogP contribution < -0.4 is 0 Å². The summed E-state index contributed by atoms with van der Waals surface area (Å²) in [6.45, 7) is 17.6. The van der Waals surface area contributed by atoms with Crippen molar-refractivity contribution in [2.45, 2.75) is 119 Å². The summed E-state index contributed by atoms with van der Waals surface area (Å²) in [6, 6.07) is 10.1. The third-order valence-electron chi connectivity index (χ3n) is 13.9. The molecule has 1 aromatic carbocycles. The number of allylic oxidation sites excluding steroid dienone is 2. The molecular weight excluding hydrogens is 506 g/mol. The fourth-order valence-corrected chi connectivity index (χ4v) is 11.6. The zero-order valence-corrected chi connectivity index (χ0v) is 26.7. The van der Waals surface area contributed by atoms with Gasteiger partial charge in [-0.2, -0.15) is 0 Å². The summed E-state index contributed by atoms with van der Waals surface area (Å²) < 4.78 is 6.17. The molecule has 0 radical (unpaired) electrons. The van der Waals surface area contributed by atoms with Gasteiger partial charge in [0.25, 0.3) is 0 Å². The van der Waals surface area contributed by atoms with E-state index in [1.807, 2.05) is 30.3 Å². The van der Waals surface area contributed by atoms with Crippen molar-refractivity contribution in [2.24, 2.45) is 55.4 Å². The molecular formula is C37H53NO3. The Hall–Kier alpha value is -2.10. The van der Waals surface area contributed by atoms with Crippen molar-refractivity contribution >= 4 is 11.7 Å². The van der Waals surface area contributed by atoms with Gasteiger partial charge in [0.15, 0.2) is 0 Å². The number of benzene rings is 1. The molecule has 4 nitrogen and oxygen atoms in total. The van der Waals surface area contributed by atoms with E-state index in [9.17, 15) is 10.0 Å². The van der Waals surface area contributed by atoms with Gasteiger partial charge in [-0.3, -0.25) is 4.79 Å². The van der Waals surface area contributed by atoms with Crippen LogP contribution in [0.15, 0.2) is 47.1 Å². The third-order valence-corrected chi connectivity index (χ3v) is 13.9. The molecule has 0 spiro atoms. The molecule has 41 heavy (non-hydrogen) atoms. The van der Waals surface area contributed by atoms with Crippen LogP contribution in [0.1, 0.15) is 118 Å². The summed E-state index contributed by atoms with van der Waals surface area (Å²) in [5.41, 5.74) is 3.87. The SMILES string of the molecule is CC1(C)CC[C@]2(C(=O)OCc3ccccc3)CC[C@]3(C)C(=CC[C@@H]4[C@@]5(C)C/C(=N/O)CC(C)(C)[C@@H]5CC[C@]43C)[C@@H]2C1. The Labute approximate surface area is 248 Å². The standard InChI is InChI=1S/C37H53NO3/c1-32(2)17-19-37(31(39)41-24-25-11-9-8-10-12-25)20-18-35(6)27(28(37)23-32)13-14-30-34(5)22-26(38-40)21-33(3,4)29(34)15-16-36(30,35)7/h8-13,28-30,40H,14-24H2,1-7H3/b38-26+/t28-,29-,30+,34-,35+,36+,37-/m0/s1. The number of hydrogen-bond donors (Lipinski definition) is 1. The van der Waals surface area contributed by atoms with Gasteiger partial charge in [-0.25, -0.2) is 0 Å². The van der Waals surface area contributed by atoms with Gasteiger partial charge >= 0.3 is 5.97 Å². The zero-order chi connectivity index (χ0) is 29.5. The minimum Gasteiger partial charge on any atom is -0.460 e. The lowest BCUT2D eigenvalue weighted by atomic mass is 9.33. The van der Waals surface area contributed by atoms with Gasteiger partial charge in [0.1, 0.15) is 6.61 Å². The first-order valence-electron chi connectivity index (χ1n) is 16.3. The van der Waals surface area contributed by atoms with E-state index in [1.165, 1.54) is 12.8 Å². The molecule has 0 aromatic heterocycles. The molecule has 1 N–H and O–H groups in total. The Morgan fingerprint density at radius 2 is 1.63 bits per heavy atom. The summed E-state index contributed by atoms with van der Waals surface area (Å²) in [5, 5.41) is 13.8. The normalized spacial score (nSPS) is 43.5. The van der Waals surface area contributed by atoms with E-state index in [4.69, 9.17) is 4.74 Å². The zero-order valence-electron chi connectivity index (χ0n) is 26.7. The van der Waals surface area contributed by atoms with Gasteiger partial charge in [0.05, 0.1) is 11.1 Å². The molecule has 5 aliphatic carbocycles. The fraction of sp³-hybridized carbons (Fsp3) is 0.730. The van der Waals surface area contributed by atoms with Crippen LogP contribution in [0.4, 0.5) is 0 Å². The number of nitrogens with zero attached hydrogens (tertiary/aromatic N) is 1. The number of carbonyl (C=O) groups excluding carboxylic acids is 1. The molecule has 0 heterocycles. The highest BCUT2D eigenvalue weighted by atomic mass is 16.5. The highest BCUT2D eigenvalue weighted by molar-refractivity contribution is 5.86. The first kappa shape index (κ1) is 29.0. The molecule has 6 rings (SSSR count). The maximum atomic E-state index is 14.2. The van der Waals surface area contributed by atoms with Crippen LogP contribution in [-0.2, 0) is 16.1 Å². The molecule has 4 fully saturated rings. The Kier molecular flexibility index (Phi) is 6.68. The quantitative estimate of drug-likeness (QED) is 0.174. The molecule has 0 saturated heterocycles. The Morgan fingerprint density at radius 3 is 2.34 bits per heavy atom. The lowest BCUT2D eigenvalue weighted by Gasteiger charge is -2.70.